The number of benzene rings is 2. The van der Waals surface area contributed by atoms with Gasteiger partial charge in [0.15, 0.2) is 0 Å². The molecular weight excluding hydrogens is 316 g/mol. The van der Waals surface area contributed by atoms with Crippen LogP contribution >= 0.6 is 11.6 Å². The van der Waals surface area contributed by atoms with Crippen molar-refractivity contribution in [1.82, 2.24) is 0 Å². The SMILES string of the molecule is O=C1Nc2cc(Cl)ccc2/C1=C\C=C\c1ccccc1[N+](=O)[O-]. The Kier molecular flexibility index (Phi) is 3.95. The number of rotatable bonds is 3. The van der Waals surface area contributed by atoms with Gasteiger partial charge in [-0.15, -0.1) is 0 Å². The molecule has 1 amide bonds. The van der Waals surface area contributed by atoms with Gasteiger partial charge in [0.05, 0.1) is 16.2 Å². The first-order chi connectivity index (χ1) is 11.1. The lowest BCUT2D eigenvalue weighted by Crippen LogP contribution is -2.03. The van der Waals surface area contributed by atoms with Gasteiger partial charge in [0.1, 0.15) is 0 Å². The van der Waals surface area contributed by atoms with Crippen LogP contribution in [0, 0.1) is 10.1 Å². The van der Waals surface area contributed by atoms with E-state index in [9.17, 15) is 14.9 Å². The summed E-state index contributed by atoms with van der Waals surface area (Å²) >= 11 is 5.90. The van der Waals surface area contributed by atoms with Crippen LogP contribution < -0.4 is 5.32 Å². The molecule has 0 spiro atoms. The number of para-hydroxylation sites is 1. The summed E-state index contributed by atoms with van der Waals surface area (Å²) in [5.74, 6) is -0.227. The van der Waals surface area contributed by atoms with Crippen LogP contribution in [0.25, 0.3) is 11.6 Å². The molecule has 0 fully saturated rings. The van der Waals surface area contributed by atoms with Crippen LogP contribution in [0.5, 0.6) is 0 Å². The Morgan fingerprint density at radius 3 is 2.74 bits per heavy atom. The summed E-state index contributed by atoms with van der Waals surface area (Å²) in [6.45, 7) is 0. The van der Waals surface area contributed by atoms with Crippen LogP contribution in [0.3, 0.4) is 0 Å². The lowest BCUT2D eigenvalue weighted by atomic mass is 10.1. The van der Waals surface area contributed by atoms with Crippen LogP contribution in [-0.4, -0.2) is 10.8 Å². The fourth-order valence-corrected chi connectivity index (χ4v) is 2.55. The molecule has 0 radical (unpaired) electrons. The van der Waals surface area contributed by atoms with E-state index in [0.29, 0.717) is 21.8 Å². The highest BCUT2D eigenvalue weighted by Crippen LogP contribution is 2.33. The van der Waals surface area contributed by atoms with Crippen molar-refractivity contribution in [3.8, 4) is 0 Å². The maximum atomic E-state index is 12.0. The first-order valence-electron chi connectivity index (χ1n) is 6.79. The van der Waals surface area contributed by atoms with Crippen LogP contribution in [-0.2, 0) is 4.79 Å². The van der Waals surface area contributed by atoms with Gasteiger partial charge >= 0.3 is 0 Å². The summed E-state index contributed by atoms with van der Waals surface area (Å²) in [6, 6.07) is 11.6. The molecule has 1 N–H and O–H groups in total. The highest BCUT2D eigenvalue weighted by Gasteiger charge is 2.23. The fraction of sp³-hybridized carbons (Fsp3) is 0. The van der Waals surface area contributed by atoms with Gasteiger partial charge in [-0.25, -0.2) is 0 Å². The molecule has 3 rings (SSSR count). The molecule has 5 nitrogen and oxygen atoms in total. The Bertz CT molecular complexity index is 872. The zero-order valence-corrected chi connectivity index (χ0v) is 12.6. The second kappa shape index (κ2) is 6.06. The molecule has 6 heteroatoms. The lowest BCUT2D eigenvalue weighted by Gasteiger charge is -1.98. The number of nitro groups is 1. The Labute approximate surface area is 137 Å². The van der Waals surface area contributed by atoms with Crippen molar-refractivity contribution in [2.75, 3.05) is 5.32 Å². The molecule has 0 saturated heterocycles. The topological polar surface area (TPSA) is 72.2 Å². The van der Waals surface area contributed by atoms with Crippen molar-refractivity contribution in [2.24, 2.45) is 0 Å². The smallest absolute Gasteiger partial charge is 0.276 e. The Morgan fingerprint density at radius 1 is 1.17 bits per heavy atom. The van der Waals surface area contributed by atoms with E-state index in [1.807, 2.05) is 0 Å². The molecule has 0 atom stereocenters. The monoisotopic (exact) mass is 326 g/mol. The van der Waals surface area contributed by atoms with Crippen molar-refractivity contribution in [3.05, 3.63) is 80.9 Å². The number of hydrogen-bond acceptors (Lipinski definition) is 3. The third kappa shape index (κ3) is 3.00. The van der Waals surface area contributed by atoms with Crippen LogP contribution in [0.1, 0.15) is 11.1 Å². The number of anilines is 1. The van der Waals surface area contributed by atoms with Crippen LogP contribution in [0.4, 0.5) is 11.4 Å². The van der Waals surface area contributed by atoms with Gasteiger partial charge < -0.3 is 5.32 Å². The summed E-state index contributed by atoms with van der Waals surface area (Å²) in [4.78, 5) is 22.5. The number of carbonyl (C=O) groups is 1. The predicted molar refractivity (Wildman–Crippen MR) is 90.2 cm³/mol. The second-order valence-corrected chi connectivity index (χ2v) is 5.34. The number of amides is 1. The first kappa shape index (κ1) is 15.0. The maximum absolute atomic E-state index is 12.0. The van der Waals surface area contributed by atoms with Gasteiger partial charge in [0, 0.05) is 22.2 Å². The zero-order chi connectivity index (χ0) is 16.4. The van der Waals surface area contributed by atoms with Crippen molar-refractivity contribution in [3.63, 3.8) is 0 Å². The van der Waals surface area contributed by atoms with E-state index in [2.05, 4.69) is 5.32 Å². The summed E-state index contributed by atoms with van der Waals surface area (Å²) in [5.41, 5.74) is 2.40. The molecule has 1 aliphatic rings. The lowest BCUT2D eigenvalue weighted by molar-refractivity contribution is -0.385. The van der Waals surface area contributed by atoms with E-state index in [1.54, 1.807) is 54.6 Å². The van der Waals surface area contributed by atoms with Crippen molar-refractivity contribution >= 4 is 40.5 Å². The average molecular weight is 327 g/mol. The van der Waals surface area contributed by atoms with E-state index in [4.69, 9.17) is 11.6 Å². The van der Waals surface area contributed by atoms with Gasteiger partial charge in [-0.3, -0.25) is 14.9 Å². The highest BCUT2D eigenvalue weighted by atomic mass is 35.5. The molecule has 0 saturated carbocycles. The van der Waals surface area contributed by atoms with E-state index < -0.39 is 4.92 Å². The zero-order valence-electron chi connectivity index (χ0n) is 11.8. The molecule has 0 unspecified atom stereocenters. The maximum Gasteiger partial charge on any atom is 0.276 e. The van der Waals surface area contributed by atoms with Crippen molar-refractivity contribution < 1.29 is 9.72 Å². The van der Waals surface area contributed by atoms with Crippen LogP contribution in [0.2, 0.25) is 5.02 Å². The van der Waals surface area contributed by atoms with Crippen molar-refractivity contribution in [1.29, 1.82) is 0 Å². The number of allylic oxidation sites excluding steroid dienone is 2. The number of hydrogen-bond donors (Lipinski definition) is 1. The minimum atomic E-state index is -0.438. The molecule has 114 valence electrons. The third-order valence-corrected chi connectivity index (χ3v) is 3.67. The molecule has 2 aromatic carbocycles. The Hall–Kier alpha value is -2.92. The molecule has 0 aliphatic carbocycles. The van der Waals surface area contributed by atoms with Crippen LogP contribution in [0.15, 0.2) is 54.6 Å². The first-order valence-corrected chi connectivity index (χ1v) is 7.17. The Balaban J connectivity index is 1.93. The van der Waals surface area contributed by atoms with Gasteiger partial charge in [-0.1, -0.05) is 35.9 Å². The van der Waals surface area contributed by atoms with E-state index in [-0.39, 0.29) is 11.6 Å². The molecule has 0 bridgehead atoms. The predicted octanol–water partition coefficient (Wildman–Crippen LogP) is 4.30. The number of nitrogens with zero attached hydrogens (tertiary/aromatic N) is 1. The fourth-order valence-electron chi connectivity index (χ4n) is 2.37. The third-order valence-electron chi connectivity index (χ3n) is 3.44. The van der Waals surface area contributed by atoms with Gasteiger partial charge in [0.25, 0.3) is 11.6 Å². The Morgan fingerprint density at radius 2 is 1.96 bits per heavy atom. The number of carbonyl (C=O) groups excluding carboxylic acids is 1. The van der Waals surface area contributed by atoms with Gasteiger partial charge in [0.2, 0.25) is 0 Å². The number of halogens is 1. The van der Waals surface area contributed by atoms with Crippen molar-refractivity contribution in [2.45, 2.75) is 0 Å². The molecule has 1 heterocycles. The molecular formula is C17H11ClN2O3. The summed E-state index contributed by atoms with van der Waals surface area (Å²) < 4.78 is 0. The average Bonchev–Trinajstić information content (AvgIpc) is 2.82. The minimum Gasteiger partial charge on any atom is -0.321 e. The quantitative estimate of drug-likeness (QED) is 0.519. The number of nitro benzene ring substituents is 1. The second-order valence-electron chi connectivity index (χ2n) is 4.90. The van der Waals surface area contributed by atoms with Gasteiger partial charge in [-0.05, 0) is 30.4 Å². The number of nitrogens with one attached hydrogen (secondary N) is 1. The molecule has 1 aliphatic heterocycles. The largest absolute Gasteiger partial charge is 0.321 e. The minimum absolute atomic E-state index is 0.0187. The van der Waals surface area contributed by atoms with E-state index >= 15 is 0 Å². The van der Waals surface area contributed by atoms with Gasteiger partial charge in [-0.2, -0.15) is 0 Å². The normalized spacial score (nSPS) is 15.0. The number of fused-ring (bicyclic) bond motifs is 1. The van der Waals surface area contributed by atoms with E-state index in [1.165, 1.54) is 6.07 Å². The molecule has 23 heavy (non-hydrogen) atoms. The standard InChI is InChI=1S/C17H11ClN2O3/c18-12-8-9-13-14(17(21)19-15(13)10-12)6-3-5-11-4-1-2-7-16(11)20(22)23/h1-10H,(H,19,21)/b5-3+,14-6+. The summed E-state index contributed by atoms with van der Waals surface area (Å²) in [7, 11) is 0. The molecule has 2 aromatic rings. The van der Waals surface area contributed by atoms with E-state index in [0.717, 1.165) is 5.56 Å². The highest BCUT2D eigenvalue weighted by molar-refractivity contribution is 6.34. The summed E-state index contributed by atoms with van der Waals surface area (Å²) in [5, 5.41) is 14.2. The molecule has 0 aromatic heterocycles. The summed E-state index contributed by atoms with van der Waals surface area (Å²) in [6.07, 6.45) is 4.86.